The van der Waals surface area contributed by atoms with E-state index in [0.717, 1.165) is 11.0 Å². The Morgan fingerprint density at radius 3 is 2.31 bits per heavy atom. The Hall–Kier alpha value is -5.93. The van der Waals surface area contributed by atoms with E-state index in [1.807, 2.05) is 36.4 Å². The lowest BCUT2D eigenvalue weighted by molar-refractivity contribution is -0.894. The summed E-state index contributed by atoms with van der Waals surface area (Å²) in [5, 5.41) is 21.6. The van der Waals surface area contributed by atoms with Gasteiger partial charge in [-0.1, -0.05) is 90.3 Å². The lowest BCUT2D eigenvalue weighted by Gasteiger charge is -2.53. The van der Waals surface area contributed by atoms with Crippen LogP contribution in [-0.2, 0) is 40.5 Å². The largest absolute Gasteiger partial charge is 0.508 e. The number of carbonyl (C=O) groups excluding carboxylic acids is 6. The number of methoxy groups -OCH3 is 1. The van der Waals surface area contributed by atoms with Crippen molar-refractivity contribution in [2.75, 3.05) is 38.2 Å². The van der Waals surface area contributed by atoms with Crippen LogP contribution in [0.1, 0.15) is 46.1 Å². The number of aryl methyl sites for hydroxylation is 1. The molecule has 2 unspecified atom stereocenters. The van der Waals surface area contributed by atoms with Crippen LogP contribution in [-0.4, -0.2) is 125 Å². The van der Waals surface area contributed by atoms with Gasteiger partial charge in [0.25, 0.3) is 17.5 Å². The van der Waals surface area contributed by atoms with E-state index in [4.69, 9.17) is 15.2 Å². The number of hydrogen-bond donors (Lipinski definition) is 3. The summed E-state index contributed by atoms with van der Waals surface area (Å²) in [6, 6.07) is 19.9. The van der Waals surface area contributed by atoms with Crippen molar-refractivity contribution >= 4 is 59.0 Å². The number of piperazine rings is 1. The number of esters is 1. The third kappa shape index (κ3) is 7.60. The first-order valence-corrected chi connectivity index (χ1v) is 20.5. The van der Waals surface area contributed by atoms with Crippen molar-refractivity contribution in [1.82, 2.24) is 35.4 Å². The number of aromatic hydroxyl groups is 1. The maximum atomic E-state index is 14.9. The number of ether oxygens (including phenoxy) is 2. The zero-order chi connectivity index (χ0) is 42.0. The molecule has 4 N–H and O–H groups in total. The maximum Gasteiger partial charge on any atom is 0.396 e. The fraction of sp³-hybridized carbons (Fsp3) is 0.308. The minimum Gasteiger partial charge on any atom is -0.508 e. The van der Waals surface area contributed by atoms with Crippen molar-refractivity contribution < 1.29 is 47.9 Å². The van der Waals surface area contributed by atoms with Crippen molar-refractivity contribution in [3.63, 3.8) is 0 Å². The molecule has 0 aliphatic carbocycles. The lowest BCUT2D eigenvalue weighted by atomic mass is 9.97. The van der Waals surface area contributed by atoms with Gasteiger partial charge in [0.1, 0.15) is 11.8 Å². The molecule has 3 aromatic carbocycles. The number of carbonyl (C=O) groups is 6. The molecule has 3 aliphatic rings. The molecule has 4 aromatic rings. The number of amides is 5. The second-order valence-corrected chi connectivity index (χ2v) is 15.8. The van der Waals surface area contributed by atoms with E-state index in [-0.39, 0.29) is 53.7 Å². The number of nitrogens with zero attached hydrogens (tertiary/aromatic N) is 7. The van der Waals surface area contributed by atoms with Gasteiger partial charge < -0.3 is 25.2 Å². The van der Waals surface area contributed by atoms with Gasteiger partial charge in [0, 0.05) is 56.4 Å². The highest BCUT2D eigenvalue weighted by Gasteiger charge is 2.73. The van der Waals surface area contributed by atoms with Gasteiger partial charge in [0.05, 0.1) is 0 Å². The molecule has 20 heteroatoms. The number of β-lactam (4-membered cyclic amide) rings is 1. The summed E-state index contributed by atoms with van der Waals surface area (Å²) >= 11 is 2.49. The molecule has 1 aromatic heterocycles. The van der Waals surface area contributed by atoms with Gasteiger partial charge in [-0.05, 0) is 46.2 Å². The fourth-order valence-electron chi connectivity index (χ4n) is 7.24. The Kier molecular flexibility index (Phi) is 12.0. The van der Waals surface area contributed by atoms with Gasteiger partial charge in [-0.25, -0.2) is 14.3 Å². The second kappa shape index (κ2) is 17.1. The highest BCUT2D eigenvalue weighted by atomic mass is 32.2. The summed E-state index contributed by atoms with van der Waals surface area (Å²) in [4.78, 5) is 85.6. The normalized spacial score (nSPS) is 20.9. The average molecular weight is 843 g/mol. The number of hydrogen-bond acceptors (Lipinski definition) is 15. The number of benzene rings is 3. The van der Waals surface area contributed by atoms with E-state index < -0.39 is 63.7 Å². The molecule has 59 heavy (non-hydrogen) atoms. The minimum absolute atomic E-state index is 0.0870. The topological polar surface area (TPSA) is 229 Å². The molecule has 18 nitrogen and oxygen atoms in total. The Morgan fingerprint density at radius 1 is 1.02 bits per heavy atom. The summed E-state index contributed by atoms with van der Waals surface area (Å²) in [5.41, 5.74) is 10.5. The second-order valence-electron chi connectivity index (χ2n) is 13.7. The van der Waals surface area contributed by atoms with Gasteiger partial charge in [-0.2, -0.15) is 5.43 Å². The molecule has 0 saturated carbocycles. The van der Waals surface area contributed by atoms with Crippen LogP contribution in [0.5, 0.6) is 5.75 Å². The van der Waals surface area contributed by atoms with Crippen molar-refractivity contribution in [3.05, 3.63) is 112 Å². The third-order valence-electron chi connectivity index (χ3n) is 10.3. The molecular weight excluding hydrogens is 803 g/mol. The number of nitrogens with one attached hydrogen (secondary N) is 1. The van der Waals surface area contributed by atoms with Gasteiger partial charge in [0.2, 0.25) is 16.6 Å². The zero-order valence-corrected chi connectivity index (χ0v) is 33.7. The highest BCUT2D eigenvalue weighted by molar-refractivity contribution is 8.00. The molecule has 4 atom stereocenters. The molecule has 2 saturated heterocycles. The number of rotatable bonds is 13. The van der Waals surface area contributed by atoms with Crippen molar-refractivity contribution in [2.45, 2.75) is 35.7 Å². The van der Waals surface area contributed by atoms with E-state index in [1.165, 1.54) is 52.3 Å². The standard InChI is InChI=1S/C39H39N9O9S2/c1-4-46-17-18-47(35(53)34(46)52)33(51)27-19-25(49)15-16-26(27)28(40)32(50)42-48-29(38(55)57-30(22-11-7-5-8-12-22)23-13-9-6-10-14-23)24(21-59-39-41-43-44-45(39)2)20-58-37(48)31(56-3)36(48)54/h5-16,19,28,30-31,37H,4,17-18,20-21,40H2,1-3H3,(H-,42,49,50)/p+1/t28?,31-,37+,48?/m1/s1. The molecule has 0 bridgehead atoms. The number of quaternary nitrogens is 1. The van der Waals surface area contributed by atoms with Crippen molar-refractivity contribution in [3.8, 4) is 5.75 Å². The predicted octanol–water partition coefficient (Wildman–Crippen LogP) is 1.60. The smallest absolute Gasteiger partial charge is 0.396 e. The molecule has 0 radical (unpaired) electrons. The molecular formula is C39H40N9O9S2+. The number of likely N-dealkylation sites (N-methyl/N-ethyl adjacent to an activating group) is 1. The summed E-state index contributed by atoms with van der Waals surface area (Å²) in [6.45, 7) is 1.92. The number of tetrazole rings is 1. The first kappa shape index (κ1) is 41.2. The van der Waals surface area contributed by atoms with E-state index in [9.17, 15) is 33.9 Å². The van der Waals surface area contributed by atoms with E-state index >= 15 is 0 Å². The van der Waals surface area contributed by atoms with Crippen molar-refractivity contribution in [1.29, 1.82) is 0 Å². The molecule has 2 fully saturated rings. The summed E-state index contributed by atoms with van der Waals surface area (Å²) in [6.07, 6.45) is -1.97. The SMILES string of the molecule is CCN1CCN(C(=O)c2cc(O)ccc2C(N)C(=O)N[N+]23C(=O)[C@@H](OC)[C@@H]2SCC(CSc2nnnn2C)=C3C(=O)OC(c2ccccc2)c2ccccc2)C(=O)C1=O. The highest BCUT2D eigenvalue weighted by Crippen LogP contribution is 2.49. The quantitative estimate of drug-likeness (QED) is 0.0434. The number of phenolic OH excluding ortho intramolecular Hbond substituents is 1. The van der Waals surface area contributed by atoms with Crippen LogP contribution in [0.2, 0.25) is 0 Å². The predicted molar refractivity (Wildman–Crippen MR) is 211 cm³/mol. The van der Waals surface area contributed by atoms with E-state index in [1.54, 1.807) is 38.2 Å². The fourth-order valence-corrected chi connectivity index (χ4v) is 9.73. The molecule has 5 amide bonds. The Morgan fingerprint density at radius 2 is 1.69 bits per heavy atom. The van der Waals surface area contributed by atoms with Crippen LogP contribution < -0.4 is 11.2 Å². The number of aromatic nitrogens is 4. The Balaban J connectivity index is 1.28. The summed E-state index contributed by atoms with van der Waals surface area (Å²) in [7, 11) is 3.00. The first-order valence-electron chi connectivity index (χ1n) is 18.4. The number of imide groups is 1. The molecule has 7 rings (SSSR count). The zero-order valence-electron chi connectivity index (χ0n) is 32.1. The molecule has 4 heterocycles. The molecule has 3 aliphatic heterocycles. The number of thioether (sulfide) groups is 2. The van der Waals surface area contributed by atoms with Crippen LogP contribution in [0.25, 0.3) is 0 Å². The van der Waals surface area contributed by atoms with Crippen LogP contribution in [0.3, 0.4) is 0 Å². The summed E-state index contributed by atoms with van der Waals surface area (Å²) in [5.74, 6) is -5.50. The number of nitrogens with two attached hydrogens (primary N) is 1. The van der Waals surface area contributed by atoms with Crippen LogP contribution in [0.4, 0.5) is 0 Å². The van der Waals surface area contributed by atoms with Gasteiger partial charge >= 0.3 is 23.7 Å². The van der Waals surface area contributed by atoms with Gasteiger partial charge in [-0.3, -0.25) is 24.1 Å². The van der Waals surface area contributed by atoms with Crippen LogP contribution in [0.15, 0.2) is 95.3 Å². The summed E-state index contributed by atoms with van der Waals surface area (Å²) < 4.78 is 12.3. The Bertz CT molecular complexity index is 2310. The van der Waals surface area contributed by atoms with Gasteiger partial charge in [0.15, 0.2) is 6.10 Å². The third-order valence-corrected chi connectivity index (χ3v) is 12.8. The van der Waals surface area contributed by atoms with E-state index in [0.29, 0.717) is 21.9 Å². The number of fused-ring (bicyclic) bond motifs is 1. The Labute approximate surface area is 346 Å². The maximum absolute atomic E-state index is 14.9. The monoisotopic (exact) mass is 842 g/mol. The van der Waals surface area contributed by atoms with Crippen molar-refractivity contribution in [2.24, 2.45) is 12.8 Å². The van der Waals surface area contributed by atoms with Gasteiger partial charge in [-0.15, -0.1) is 9.69 Å². The van der Waals surface area contributed by atoms with Crippen LogP contribution in [0, 0.1) is 0 Å². The molecule has 306 valence electrons. The van der Waals surface area contributed by atoms with Crippen LogP contribution >= 0.6 is 23.5 Å². The number of phenols is 1. The lowest BCUT2D eigenvalue weighted by Crippen LogP contribution is -2.83. The minimum atomic E-state index is -1.70. The average Bonchev–Trinajstić information content (AvgIpc) is 3.67. The van der Waals surface area contributed by atoms with E-state index in [2.05, 4.69) is 21.0 Å². The molecule has 0 spiro atoms. The first-order chi connectivity index (χ1) is 28.4.